The van der Waals surface area contributed by atoms with E-state index in [0.29, 0.717) is 5.56 Å². The summed E-state index contributed by atoms with van der Waals surface area (Å²) in [6.45, 7) is 0. The third-order valence-corrected chi connectivity index (χ3v) is 12.1. The van der Waals surface area contributed by atoms with Crippen molar-refractivity contribution in [3.63, 3.8) is 0 Å². The Morgan fingerprint density at radius 2 is 0.932 bits per heavy atom. The number of fused-ring (bicyclic) bond motifs is 5. The van der Waals surface area contributed by atoms with Gasteiger partial charge in [-0.05, 0) is 87.5 Å². The minimum atomic E-state index is -0.639. The minimum absolute atomic E-state index is 0.622. The van der Waals surface area contributed by atoms with Gasteiger partial charge in [0.2, 0.25) is 0 Å². The molecule has 0 radical (unpaired) electrons. The van der Waals surface area contributed by atoms with Crippen LogP contribution in [0.25, 0.3) is 49.7 Å². The molecule has 0 fully saturated rings. The summed E-state index contributed by atoms with van der Waals surface area (Å²) >= 11 is 0. The van der Waals surface area contributed by atoms with E-state index in [1.54, 1.807) is 0 Å². The molecule has 0 amide bonds. The van der Waals surface area contributed by atoms with E-state index < -0.39 is 5.41 Å². The molecule has 276 valence electrons. The second-order valence-corrected chi connectivity index (χ2v) is 15.1. The van der Waals surface area contributed by atoms with Crippen LogP contribution in [0.2, 0.25) is 0 Å². The van der Waals surface area contributed by atoms with E-state index in [1.165, 1.54) is 22.3 Å². The highest BCUT2D eigenvalue weighted by Gasteiger charge is 2.46. The summed E-state index contributed by atoms with van der Waals surface area (Å²) < 4.78 is 2.28. The molecule has 2 heterocycles. The fourth-order valence-electron chi connectivity index (χ4n) is 9.70. The van der Waals surface area contributed by atoms with Crippen LogP contribution in [0.4, 0.5) is 17.1 Å². The van der Waals surface area contributed by atoms with Crippen LogP contribution < -0.4 is 4.90 Å². The Labute approximate surface area is 343 Å². The van der Waals surface area contributed by atoms with E-state index in [2.05, 4.69) is 228 Å². The maximum absolute atomic E-state index is 10.8. The number of para-hydroxylation sites is 5. The first-order chi connectivity index (χ1) is 29.3. The van der Waals surface area contributed by atoms with E-state index >= 15 is 0 Å². The van der Waals surface area contributed by atoms with Crippen molar-refractivity contribution in [1.29, 1.82) is 5.26 Å². The fourth-order valence-corrected chi connectivity index (χ4v) is 9.70. The molecule has 9 aromatic carbocycles. The van der Waals surface area contributed by atoms with Crippen molar-refractivity contribution in [2.75, 3.05) is 4.90 Å². The molecule has 3 nitrogen and oxygen atoms in total. The molecular weight excluding hydrogens is 715 g/mol. The van der Waals surface area contributed by atoms with Crippen LogP contribution in [-0.4, -0.2) is 4.57 Å². The zero-order chi connectivity index (χ0) is 39.3. The van der Waals surface area contributed by atoms with Crippen LogP contribution in [0.15, 0.2) is 224 Å². The SMILES string of the molecule is N#Cc1cccc(-c2ccccc2-c2ccc3c(c2)C(c2ccccc2)(c2ccccc2)c2ccccc2N3c2ccccc2)c1-n1c2ccccc2c2ccccc21. The Morgan fingerprint density at radius 3 is 1.59 bits per heavy atom. The molecule has 1 aromatic heterocycles. The van der Waals surface area contributed by atoms with Gasteiger partial charge in [0.05, 0.1) is 39.1 Å². The predicted molar refractivity (Wildman–Crippen MR) is 243 cm³/mol. The molecule has 0 saturated carbocycles. The quantitative estimate of drug-likeness (QED) is 0.169. The van der Waals surface area contributed by atoms with Gasteiger partial charge in [0.25, 0.3) is 0 Å². The van der Waals surface area contributed by atoms with Gasteiger partial charge < -0.3 is 9.47 Å². The summed E-state index contributed by atoms with van der Waals surface area (Å²) in [6.07, 6.45) is 0. The lowest BCUT2D eigenvalue weighted by molar-refractivity contribution is 0.731. The summed E-state index contributed by atoms with van der Waals surface area (Å²) in [5, 5.41) is 13.1. The van der Waals surface area contributed by atoms with E-state index in [-0.39, 0.29) is 0 Å². The fraction of sp³-hybridized carbons (Fsp3) is 0.0179. The summed E-state index contributed by atoms with van der Waals surface area (Å²) in [6, 6.07) is 82.9. The van der Waals surface area contributed by atoms with Gasteiger partial charge in [-0.3, -0.25) is 0 Å². The molecule has 0 atom stereocenters. The van der Waals surface area contributed by atoms with Crippen molar-refractivity contribution in [1.82, 2.24) is 4.57 Å². The van der Waals surface area contributed by atoms with E-state index in [9.17, 15) is 5.26 Å². The molecular formula is C56H37N3. The molecule has 0 N–H and O–H groups in total. The number of nitrogens with zero attached hydrogens (tertiary/aromatic N) is 3. The summed E-state index contributed by atoms with van der Waals surface area (Å²) in [4.78, 5) is 2.42. The lowest BCUT2D eigenvalue weighted by Gasteiger charge is -2.46. The van der Waals surface area contributed by atoms with Crippen LogP contribution in [0, 0.1) is 11.3 Å². The lowest BCUT2D eigenvalue weighted by atomic mass is 9.62. The smallest absolute Gasteiger partial charge is 0.101 e. The monoisotopic (exact) mass is 751 g/mol. The van der Waals surface area contributed by atoms with Gasteiger partial charge >= 0.3 is 0 Å². The maximum Gasteiger partial charge on any atom is 0.101 e. The van der Waals surface area contributed by atoms with Crippen molar-refractivity contribution in [3.8, 4) is 34.0 Å². The molecule has 3 heteroatoms. The molecule has 0 aliphatic carbocycles. The predicted octanol–water partition coefficient (Wildman–Crippen LogP) is 14.2. The molecule has 59 heavy (non-hydrogen) atoms. The highest BCUT2D eigenvalue weighted by atomic mass is 15.2. The first-order valence-corrected chi connectivity index (χ1v) is 20.1. The molecule has 1 aliphatic heterocycles. The molecule has 11 rings (SSSR count). The van der Waals surface area contributed by atoms with Crippen molar-refractivity contribution in [2.24, 2.45) is 0 Å². The lowest BCUT2D eigenvalue weighted by Crippen LogP contribution is -2.37. The average Bonchev–Trinajstić information content (AvgIpc) is 3.65. The first kappa shape index (κ1) is 34.3. The van der Waals surface area contributed by atoms with Crippen molar-refractivity contribution in [2.45, 2.75) is 5.41 Å². The van der Waals surface area contributed by atoms with Gasteiger partial charge in [-0.25, -0.2) is 0 Å². The van der Waals surface area contributed by atoms with Crippen molar-refractivity contribution in [3.05, 3.63) is 252 Å². The third kappa shape index (κ3) is 5.21. The van der Waals surface area contributed by atoms with Crippen LogP contribution in [-0.2, 0) is 5.41 Å². The van der Waals surface area contributed by atoms with Crippen LogP contribution >= 0.6 is 0 Å². The Hall–Kier alpha value is -7.93. The summed E-state index contributed by atoms with van der Waals surface area (Å²) in [7, 11) is 0. The molecule has 0 unspecified atom stereocenters. The highest BCUT2D eigenvalue weighted by molar-refractivity contribution is 6.10. The number of nitriles is 1. The Morgan fingerprint density at radius 1 is 0.407 bits per heavy atom. The Balaban J connectivity index is 1.22. The van der Waals surface area contributed by atoms with Crippen LogP contribution in [0.3, 0.4) is 0 Å². The van der Waals surface area contributed by atoms with Crippen molar-refractivity contribution < 1.29 is 0 Å². The molecule has 1 aliphatic rings. The van der Waals surface area contributed by atoms with Crippen molar-refractivity contribution >= 4 is 38.9 Å². The van der Waals surface area contributed by atoms with Gasteiger partial charge in [0, 0.05) is 22.0 Å². The number of anilines is 3. The van der Waals surface area contributed by atoms with Gasteiger partial charge in [-0.15, -0.1) is 0 Å². The Bertz CT molecular complexity index is 3140. The first-order valence-electron chi connectivity index (χ1n) is 20.1. The second-order valence-electron chi connectivity index (χ2n) is 15.1. The average molecular weight is 752 g/mol. The third-order valence-electron chi connectivity index (χ3n) is 12.1. The number of hydrogen-bond acceptors (Lipinski definition) is 2. The number of aromatic nitrogens is 1. The summed E-state index contributed by atoms with van der Waals surface area (Å²) in [5.74, 6) is 0. The summed E-state index contributed by atoms with van der Waals surface area (Å²) in [5.41, 5.74) is 15.4. The molecule has 10 aromatic rings. The molecule has 0 saturated heterocycles. The standard InChI is InChI=1S/C56H37N3/c57-38-40-19-18-30-48(55(40)59-51-32-15-12-28-46(51)47-29-13-16-33-52(47)59)45-27-11-10-26-44(45)39-35-36-54-50(37-39)56(41-20-4-1-5-21-41,42-22-6-2-7-23-42)49-31-14-17-34-53(49)58(54)43-24-8-3-9-25-43/h1-37H. The largest absolute Gasteiger partial charge is 0.310 e. The van der Waals surface area contributed by atoms with Gasteiger partial charge in [-0.1, -0.05) is 176 Å². The van der Waals surface area contributed by atoms with E-state index in [1.807, 2.05) is 12.1 Å². The number of hydrogen-bond donors (Lipinski definition) is 0. The van der Waals surface area contributed by atoms with Crippen LogP contribution in [0.1, 0.15) is 27.8 Å². The maximum atomic E-state index is 10.8. The van der Waals surface area contributed by atoms with E-state index in [4.69, 9.17) is 0 Å². The van der Waals surface area contributed by atoms with Crippen LogP contribution in [0.5, 0.6) is 0 Å². The zero-order valence-electron chi connectivity index (χ0n) is 32.2. The zero-order valence-corrected chi connectivity index (χ0v) is 32.2. The number of benzene rings is 9. The topological polar surface area (TPSA) is 32.0 Å². The van der Waals surface area contributed by atoms with Gasteiger partial charge in [-0.2, -0.15) is 5.26 Å². The molecule has 0 bridgehead atoms. The molecule has 0 spiro atoms. The van der Waals surface area contributed by atoms with Gasteiger partial charge in [0.15, 0.2) is 0 Å². The second kappa shape index (κ2) is 13.9. The minimum Gasteiger partial charge on any atom is -0.310 e. The normalized spacial score (nSPS) is 12.8. The number of rotatable bonds is 6. The van der Waals surface area contributed by atoms with E-state index in [0.717, 1.165) is 66.8 Å². The van der Waals surface area contributed by atoms with Gasteiger partial charge in [0.1, 0.15) is 6.07 Å². The Kier molecular flexibility index (Phi) is 8.10. The highest BCUT2D eigenvalue weighted by Crippen LogP contribution is 2.58.